The lowest BCUT2D eigenvalue weighted by Gasteiger charge is -2.27. The molecule has 2 amide bonds. The molecule has 28 heavy (non-hydrogen) atoms. The molecule has 0 saturated carbocycles. The van der Waals surface area contributed by atoms with Crippen molar-refractivity contribution in [3.05, 3.63) is 90.4 Å². The Morgan fingerprint density at radius 2 is 1.54 bits per heavy atom. The van der Waals surface area contributed by atoms with Gasteiger partial charge in [0.05, 0.1) is 18.5 Å². The number of amides is 2. The number of para-hydroxylation sites is 1. The Morgan fingerprint density at radius 1 is 0.821 bits per heavy atom. The highest BCUT2D eigenvalue weighted by atomic mass is 16.7. The smallest absolute Gasteiger partial charge is 0.262 e. The molecule has 1 aromatic heterocycles. The largest absolute Gasteiger partial charge is 0.467 e. The van der Waals surface area contributed by atoms with E-state index in [0.29, 0.717) is 5.76 Å². The molecule has 3 aromatic rings. The average molecular weight is 374 g/mol. The number of hydrogen-bond acceptors (Lipinski definition) is 5. The van der Waals surface area contributed by atoms with Crippen molar-refractivity contribution in [3.8, 4) is 0 Å². The van der Waals surface area contributed by atoms with Gasteiger partial charge in [0.15, 0.2) is 6.10 Å². The molecule has 0 radical (unpaired) electrons. The van der Waals surface area contributed by atoms with Gasteiger partial charge in [0.1, 0.15) is 17.7 Å². The summed E-state index contributed by atoms with van der Waals surface area (Å²) in [4.78, 5) is 33.6. The quantitative estimate of drug-likeness (QED) is 0.656. The van der Waals surface area contributed by atoms with Crippen molar-refractivity contribution >= 4 is 17.5 Å². The first-order valence-electron chi connectivity index (χ1n) is 9.17. The van der Waals surface area contributed by atoms with E-state index < -0.39 is 18.1 Å². The van der Waals surface area contributed by atoms with Crippen molar-refractivity contribution in [1.29, 1.82) is 0 Å². The first-order chi connectivity index (χ1) is 13.7. The lowest BCUT2D eigenvalue weighted by atomic mass is 9.94. The number of nitrogens with zero attached hydrogens (tertiary/aromatic N) is 2. The lowest BCUT2D eigenvalue weighted by Crippen LogP contribution is -2.36. The van der Waals surface area contributed by atoms with E-state index in [1.165, 1.54) is 4.90 Å². The molecule has 0 aliphatic carbocycles. The molecule has 140 valence electrons. The number of benzene rings is 2. The average Bonchev–Trinajstić information content (AvgIpc) is 3.44. The second-order valence-electron chi connectivity index (χ2n) is 6.92. The van der Waals surface area contributed by atoms with E-state index in [0.717, 1.165) is 11.3 Å². The van der Waals surface area contributed by atoms with Crippen LogP contribution in [-0.2, 0) is 21.0 Å². The first-order valence-corrected chi connectivity index (χ1v) is 9.17. The van der Waals surface area contributed by atoms with E-state index in [-0.39, 0.29) is 18.4 Å². The topological polar surface area (TPSA) is 63.0 Å². The van der Waals surface area contributed by atoms with Gasteiger partial charge in [-0.2, -0.15) is 0 Å². The molecule has 0 spiro atoms. The second-order valence-corrected chi connectivity index (χ2v) is 6.92. The second kappa shape index (κ2) is 6.65. The van der Waals surface area contributed by atoms with E-state index in [4.69, 9.17) is 9.25 Å². The van der Waals surface area contributed by atoms with E-state index in [2.05, 4.69) is 0 Å². The van der Waals surface area contributed by atoms with Gasteiger partial charge >= 0.3 is 0 Å². The molecule has 3 atom stereocenters. The first kappa shape index (κ1) is 16.8. The number of furan rings is 1. The van der Waals surface area contributed by atoms with Crippen molar-refractivity contribution < 1.29 is 18.8 Å². The fourth-order valence-electron chi connectivity index (χ4n) is 3.94. The third kappa shape index (κ3) is 2.61. The normalized spacial score (nSPS) is 24.1. The van der Waals surface area contributed by atoms with Crippen molar-refractivity contribution in [1.82, 2.24) is 4.90 Å². The van der Waals surface area contributed by atoms with Gasteiger partial charge in [-0.25, -0.2) is 5.06 Å². The van der Waals surface area contributed by atoms with Crippen LogP contribution in [-0.4, -0.2) is 22.8 Å². The monoisotopic (exact) mass is 374 g/mol. The summed E-state index contributed by atoms with van der Waals surface area (Å²) in [6.45, 7) is 0.241. The molecule has 0 unspecified atom stereocenters. The van der Waals surface area contributed by atoms with E-state index in [1.807, 2.05) is 66.7 Å². The lowest BCUT2D eigenvalue weighted by molar-refractivity contribution is -0.143. The fraction of sp³-hybridized carbons (Fsp3) is 0.182. The molecule has 2 aliphatic heterocycles. The zero-order valence-electron chi connectivity index (χ0n) is 15.0. The van der Waals surface area contributed by atoms with Crippen molar-refractivity contribution in [3.63, 3.8) is 0 Å². The van der Waals surface area contributed by atoms with E-state index >= 15 is 0 Å². The summed E-state index contributed by atoms with van der Waals surface area (Å²) < 4.78 is 5.61. The van der Waals surface area contributed by atoms with E-state index in [1.54, 1.807) is 17.4 Å². The van der Waals surface area contributed by atoms with Gasteiger partial charge in [0.25, 0.3) is 5.91 Å². The van der Waals surface area contributed by atoms with Gasteiger partial charge in [-0.15, -0.1) is 0 Å². The van der Waals surface area contributed by atoms with Gasteiger partial charge in [-0.05, 0) is 29.8 Å². The molecule has 0 N–H and O–H groups in total. The Hall–Kier alpha value is -3.38. The number of likely N-dealkylation sites (tertiary alicyclic amines) is 1. The van der Waals surface area contributed by atoms with E-state index in [9.17, 15) is 9.59 Å². The molecule has 2 aliphatic rings. The van der Waals surface area contributed by atoms with Gasteiger partial charge in [-0.3, -0.25) is 19.3 Å². The Bertz CT molecular complexity index is 988. The van der Waals surface area contributed by atoms with Crippen LogP contribution in [0.1, 0.15) is 17.4 Å². The van der Waals surface area contributed by atoms with Crippen LogP contribution in [0.5, 0.6) is 0 Å². The Labute approximate surface area is 161 Å². The van der Waals surface area contributed by atoms with Crippen LogP contribution in [0.15, 0.2) is 83.5 Å². The Morgan fingerprint density at radius 3 is 2.21 bits per heavy atom. The highest BCUT2D eigenvalue weighted by molar-refractivity contribution is 6.07. The predicted molar refractivity (Wildman–Crippen MR) is 101 cm³/mol. The van der Waals surface area contributed by atoms with Gasteiger partial charge < -0.3 is 4.42 Å². The minimum Gasteiger partial charge on any atom is -0.467 e. The third-order valence-corrected chi connectivity index (χ3v) is 5.24. The molecule has 5 rings (SSSR count). The molecule has 2 aromatic carbocycles. The van der Waals surface area contributed by atoms with Crippen LogP contribution in [0.2, 0.25) is 0 Å². The number of fused-ring (bicyclic) bond motifs is 1. The summed E-state index contributed by atoms with van der Waals surface area (Å²) in [6.07, 6.45) is 0.709. The third-order valence-electron chi connectivity index (χ3n) is 5.24. The van der Waals surface area contributed by atoms with Crippen molar-refractivity contribution in [2.75, 3.05) is 5.06 Å². The zero-order valence-corrected chi connectivity index (χ0v) is 15.0. The summed E-state index contributed by atoms with van der Waals surface area (Å²) >= 11 is 0. The number of hydroxylamine groups is 1. The summed E-state index contributed by atoms with van der Waals surface area (Å²) in [5.41, 5.74) is 1.67. The van der Waals surface area contributed by atoms with Gasteiger partial charge in [0, 0.05) is 0 Å². The Balaban J connectivity index is 1.50. The molecule has 2 saturated heterocycles. The van der Waals surface area contributed by atoms with Crippen LogP contribution >= 0.6 is 0 Å². The molecule has 3 heterocycles. The van der Waals surface area contributed by atoms with Gasteiger partial charge in [0.2, 0.25) is 5.91 Å². The summed E-state index contributed by atoms with van der Waals surface area (Å²) in [6, 6.07) is 22.0. The minimum absolute atomic E-state index is 0.237. The van der Waals surface area contributed by atoms with Crippen molar-refractivity contribution in [2.24, 2.45) is 5.92 Å². The molecule has 6 heteroatoms. The number of hydrogen-bond donors (Lipinski definition) is 0. The van der Waals surface area contributed by atoms with Crippen LogP contribution < -0.4 is 5.06 Å². The molecule has 6 nitrogen and oxygen atoms in total. The maximum absolute atomic E-state index is 13.2. The highest BCUT2D eigenvalue weighted by Crippen LogP contribution is 2.46. The number of rotatable bonds is 4. The minimum atomic E-state index is -0.855. The number of carbonyl (C=O) groups is 2. The fourth-order valence-corrected chi connectivity index (χ4v) is 3.94. The molecular formula is C22H18N2O4. The Kier molecular flexibility index (Phi) is 3.98. The summed E-state index contributed by atoms with van der Waals surface area (Å²) in [5.74, 6) is -0.603. The maximum atomic E-state index is 13.2. The number of anilines is 1. The van der Waals surface area contributed by atoms with Crippen LogP contribution in [0, 0.1) is 5.92 Å². The summed E-state index contributed by atoms with van der Waals surface area (Å²) in [7, 11) is 0. The highest BCUT2D eigenvalue weighted by Gasteiger charge is 2.60. The molecule has 0 bridgehead atoms. The maximum Gasteiger partial charge on any atom is 0.262 e. The zero-order chi connectivity index (χ0) is 19.1. The SMILES string of the molecule is O=C1[C@H]2[C@H](ON(c3ccccc3)[C@H]2c2ccco2)C(=O)N1Cc1ccccc1. The van der Waals surface area contributed by atoms with Crippen LogP contribution in [0.3, 0.4) is 0 Å². The summed E-state index contributed by atoms with van der Waals surface area (Å²) in [5, 5.41) is 1.63. The standard InChI is InChI=1S/C22H18N2O4/c25-21-18-19(17-12-7-13-27-17)24(16-10-5-2-6-11-16)28-20(18)22(26)23(21)14-15-8-3-1-4-9-15/h1-13,18-20H,14H2/t18-,19+,20+/m1/s1. The van der Waals surface area contributed by atoms with Crippen LogP contribution in [0.4, 0.5) is 5.69 Å². The number of imide groups is 1. The number of carbonyl (C=O) groups excluding carboxylic acids is 2. The molecule has 2 fully saturated rings. The van der Waals surface area contributed by atoms with Crippen molar-refractivity contribution in [2.45, 2.75) is 18.7 Å². The molecular weight excluding hydrogens is 356 g/mol. The van der Waals surface area contributed by atoms with Gasteiger partial charge in [-0.1, -0.05) is 48.5 Å². The van der Waals surface area contributed by atoms with Crippen LogP contribution in [0.25, 0.3) is 0 Å². The predicted octanol–water partition coefficient (Wildman–Crippen LogP) is 3.33.